The molecule has 1 amide bonds. The maximum absolute atomic E-state index is 12.2. The van der Waals surface area contributed by atoms with Gasteiger partial charge in [0.05, 0.1) is 17.3 Å². The van der Waals surface area contributed by atoms with E-state index >= 15 is 0 Å². The summed E-state index contributed by atoms with van der Waals surface area (Å²) in [4.78, 5) is 14.4. The Kier molecular flexibility index (Phi) is 6.07. The molecule has 0 unspecified atom stereocenters. The number of anilines is 1. The van der Waals surface area contributed by atoms with Crippen LogP contribution in [0.4, 0.5) is 5.69 Å². The summed E-state index contributed by atoms with van der Waals surface area (Å²) in [6.07, 6.45) is 7.62. The lowest BCUT2D eigenvalue weighted by atomic mass is 10.1. The fourth-order valence-electron chi connectivity index (χ4n) is 2.97. The molecule has 0 atom stereocenters. The summed E-state index contributed by atoms with van der Waals surface area (Å²) in [5.74, 6) is 0.00694. The van der Waals surface area contributed by atoms with Gasteiger partial charge in [0.2, 0.25) is 5.91 Å². The maximum atomic E-state index is 12.2. The van der Waals surface area contributed by atoms with Crippen molar-refractivity contribution in [2.75, 3.05) is 18.9 Å². The number of nitrogens with one attached hydrogen (secondary N) is 1. The van der Waals surface area contributed by atoms with Crippen molar-refractivity contribution < 1.29 is 4.79 Å². The summed E-state index contributed by atoms with van der Waals surface area (Å²) in [5.41, 5.74) is 1.79. The highest BCUT2D eigenvalue weighted by Gasteiger charge is 2.19. The van der Waals surface area contributed by atoms with Crippen molar-refractivity contribution in [1.82, 2.24) is 4.90 Å². The van der Waals surface area contributed by atoms with Crippen LogP contribution in [0.5, 0.6) is 0 Å². The number of rotatable bonds is 4. The zero-order valence-electron chi connectivity index (χ0n) is 13.0. The van der Waals surface area contributed by atoms with Crippen LogP contribution in [0.15, 0.2) is 18.2 Å². The number of aryl methyl sites for hydroxylation is 1. The quantitative estimate of drug-likeness (QED) is 0.844. The van der Waals surface area contributed by atoms with E-state index in [1.807, 2.05) is 32.2 Å². The Balaban J connectivity index is 1.88. The molecule has 1 aromatic carbocycles. The van der Waals surface area contributed by atoms with Crippen molar-refractivity contribution in [2.45, 2.75) is 51.5 Å². The predicted molar refractivity (Wildman–Crippen MR) is 88.9 cm³/mol. The second-order valence-corrected chi connectivity index (χ2v) is 6.50. The molecule has 0 radical (unpaired) electrons. The van der Waals surface area contributed by atoms with Crippen LogP contribution in [0.2, 0.25) is 5.02 Å². The van der Waals surface area contributed by atoms with Crippen molar-refractivity contribution in [3.05, 3.63) is 28.8 Å². The molecule has 1 fully saturated rings. The van der Waals surface area contributed by atoms with Crippen LogP contribution in [0.3, 0.4) is 0 Å². The second kappa shape index (κ2) is 7.81. The molecule has 1 aromatic rings. The van der Waals surface area contributed by atoms with Gasteiger partial charge >= 0.3 is 0 Å². The van der Waals surface area contributed by atoms with Crippen molar-refractivity contribution in [3.63, 3.8) is 0 Å². The Hall–Kier alpha value is -1.06. The van der Waals surface area contributed by atoms with Crippen LogP contribution >= 0.6 is 11.6 Å². The Labute approximate surface area is 132 Å². The van der Waals surface area contributed by atoms with Gasteiger partial charge in [-0.15, -0.1) is 0 Å². The molecule has 0 aromatic heterocycles. The van der Waals surface area contributed by atoms with Crippen molar-refractivity contribution >= 4 is 23.2 Å². The monoisotopic (exact) mass is 308 g/mol. The van der Waals surface area contributed by atoms with Gasteiger partial charge < -0.3 is 5.32 Å². The van der Waals surface area contributed by atoms with E-state index in [9.17, 15) is 4.79 Å². The van der Waals surface area contributed by atoms with Crippen LogP contribution in [-0.4, -0.2) is 30.4 Å². The number of carbonyl (C=O) groups excluding carboxylic acids is 1. The highest BCUT2D eigenvalue weighted by atomic mass is 35.5. The Morgan fingerprint density at radius 1 is 1.29 bits per heavy atom. The molecule has 1 aliphatic rings. The highest BCUT2D eigenvalue weighted by molar-refractivity contribution is 6.33. The van der Waals surface area contributed by atoms with Crippen LogP contribution in [0.1, 0.15) is 44.1 Å². The van der Waals surface area contributed by atoms with Crippen LogP contribution in [0, 0.1) is 6.92 Å². The number of halogens is 1. The summed E-state index contributed by atoms with van der Waals surface area (Å²) in [6, 6.07) is 6.22. The number of nitrogens with zero attached hydrogens (tertiary/aromatic N) is 1. The fourth-order valence-corrected chi connectivity index (χ4v) is 3.25. The third-order valence-corrected chi connectivity index (χ3v) is 4.55. The molecule has 21 heavy (non-hydrogen) atoms. The molecule has 116 valence electrons. The third kappa shape index (κ3) is 5.01. The normalized spacial score (nSPS) is 16.8. The number of benzene rings is 1. The summed E-state index contributed by atoms with van der Waals surface area (Å²) >= 11 is 6.15. The zero-order valence-corrected chi connectivity index (χ0v) is 13.7. The smallest absolute Gasteiger partial charge is 0.238 e. The first kappa shape index (κ1) is 16.3. The summed E-state index contributed by atoms with van der Waals surface area (Å²) in [7, 11) is 2.05. The standard InChI is InChI=1S/C17H25ClN2O/c1-13-9-10-16(15(18)11-13)19-17(21)12-20(2)14-7-5-3-4-6-8-14/h9-11,14H,3-8,12H2,1-2H3,(H,19,21). The van der Waals surface area contributed by atoms with E-state index in [-0.39, 0.29) is 5.91 Å². The van der Waals surface area contributed by atoms with Crippen LogP contribution < -0.4 is 5.32 Å². The van der Waals surface area contributed by atoms with E-state index in [0.717, 1.165) is 5.56 Å². The molecular formula is C17H25ClN2O. The van der Waals surface area contributed by atoms with Gasteiger partial charge in [0.25, 0.3) is 0 Å². The highest BCUT2D eigenvalue weighted by Crippen LogP contribution is 2.23. The molecule has 0 bridgehead atoms. The third-order valence-electron chi connectivity index (χ3n) is 4.24. The van der Waals surface area contributed by atoms with Crippen molar-refractivity contribution in [2.24, 2.45) is 0 Å². The first-order valence-corrected chi connectivity index (χ1v) is 8.20. The van der Waals surface area contributed by atoms with Gasteiger partial charge in [0, 0.05) is 6.04 Å². The van der Waals surface area contributed by atoms with Gasteiger partial charge in [-0.1, -0.05) is 43.4 Å². The SMILES string of the molecule is Cc1ccc(NC(=O)CN(C)C2CCCCCC2)c(Cl)c1. The Morgan fingerprint density at radius 3 is 2.57 bits per heavy atom. The fraction of sp³-hybridized carbons (Fsp3) is 0.588. The topological polar surface area (TPSA) is 32.3 Å². The molecular weight excluding hydrogens is 284 g/mol. The minimum absolute atomic E-state index is 0.00694. The maximum Gasteiger partial charge on any atom is 0.238 e. The van der Waals surface area contributed by atoms with E-state index in [4.69, 9.17) is 11.6 Å². The average Bonchev–Trinajstić information content (AvgIpc) is 2.71. The largest absolute Gasteiger partial charge is 0.324 e. The van der Waals surface area contributed by atoms with Gasteiger partial charge in [-0.3, -0.25) is 9.69 Å². The van der Waals surface area contributed by atoms with E-state index in [1.165, 1.54) is 38.5 Å². The number of likely N-dealkylation sites (N-methyl/N-ethyl adjacent to an activating group) is 1. The molecule has 3 nitrogen and oxygen atoms in total. The number of amides is 1. The van der Waals surface area contributed by atoms with E-state index in [1.54, 1.807) is 0 Å². The minimum atomic E-state index is 0.00694. The summed E-state index contributed by atoms with van der Waals surface area (Å²) in [5, 5.41) is 3.51. The summed E-state index contributed by atoms with van der Waals surface area (Å²) in [6.45, 7) is 2.41. The lowest BCUT2D eigenvalue weighted by Gasteiger charge is -2.26. The molecule has 0 heterocycles. The molecule has 2 rings (SSSR count). The Bertz CT molecular complexity index is 482. The van der Waals surface area contributed by atoms with Crippen LogP contribution in [0.25, 0.3) is 0 Å². The molecule has 1 saturated carbocycles. The second-order valence-electron chi connectivity index (χ2n) is 6.09. The molecule has 0 aliphatic heterocycles. The summed E-state index contributed by atoms with van der Waals surface area (Å²) < 4.78 is 0. The molecule has 1 N–H and O–H groups in total. The molecule has 1 aliphatic carbocycles. The molecule has 0 spiro atoms. The van der Waals surface area contributed by atoms with Gasteiger partial charge in [-0.2, -0.15) is 0 Å². The van der Waals surface area contributed by atoms with E-state index in [0.29, 0.717) is 23.3 Å². The van der Waals surface area contributed by atoms with Gasteiger partial charge in [-0.25, -0.2) is 0 Å². The number of hydrogen-bond donors (Lipinski definition) is 1. The Morgan fingerprint density at radius 2 is 1.95 bits per heavy atom. The van der Waals surface area contributed by atoms with E-state index in [2.05, 4.69) is 10.2 Å². The molecule has 0 saturated heterocycles. The van der Waals surface area contributed by atoms with Crippen molar-refractivity contribution in [1.29, 1.82) is 0 Å². The molecule has 4 heteroatoms. The number of carbonyl (C=O) groups is 1. The zero-order chi connectivity index (χ0) is 15.2. The lowest BCUT2D eigenvalue weighted by molar-refractivity contribution is -0.117. The first-order chi connectivity index (χ1) is 10.1. The van der Waals surface area contributed by atoms with Gasteiger partial charge in [-0.05, 0) is 44.5 Å². The predicted octanol–water partition coefficient (Wildman–Crippen LogP) is 4.24. The average molecular weight is 309 g/mol. The van der Waals surface area contributed by atoms with Crippen LogP contribution in [-0.2, 0) is 4.79 Å². The first-order valence-electron chi connectivity index (χ1n) is 7.82. The lowest BCUT2D eigenvalue weighted by Crippen LogP contribution is -2.37. The van der Waals surface area contributed by atoms with E-state index < -0.39 is 0 Å². The van der Waals surface area contributed by atoms with Crippen molar-refractivity contribution in [3.8, 4) is 0 Å². The minimum Gasteiger partial charge on any atom is -0.324 e. The van der Waals surface area contributed by atoms with Gasteiger partial charge in [0.1, 0.15) is 0 Å². The van der Waals surface area contributed by atoms with Gasteiger partial charge in [0.15, 0.2) is 0 Å². The number of hydrogen-bond acceptors (Lipinski definition) is 2.